The molecule has 3 nitrogen and oxygen atoms in total. The van der Waals surface area contributed by atoms with Gasteiger partial charge in [0.1, 0.15) is 0 Å². The highest BCUT2D eigenvalue weighted by atomic mass is 35.5. The highest BCUT2D eigenvalue weighted by Crippen LogP contribution is 2.20. The quantitative estimate of drug-likeness (QED) is 0.542. The van der Waals surface area contributed by atoms with Crippen molar-refractivity contribution in [3.8, 4) is 0 Å². The van der Waals surface area contributed by atoms with E-state index in [4.69, 9.17) is 16.7 Å². The van der Waals surface area contributed by atoms with Crippen LogP contribution in [0.4, 0.5) is 0 Å². The first-order valence-corrected chi connectivity index (χ1v) is 6.72. The zero-order chi connectivity index (χ0) is 14.3. The van der Waals surface area contributed by atoms with E-state index in [0.29, 0.717) is 12.8 Å². The normalized spacial score (nSPS) is 15.3. The van der Waals surface area contributed by atoms with Gasteiger partial charge in [-0.3, -0.25) is 9.59 Å². The van der Waals surface area contributed by atoms with Gasteiger partial charge in [-0.25, -0.2) is 0 Å². The van der Waals surface area contributed by atoms with Gasteiger partial charge in [0.2, 0.25) is 5.24 Å². The summed E-state index contributed by atoms with van der Waals surface area (Å²) in [6.07, 6.45) is 4.77. The SMILES string of the molecule is CC(C)[C@H](C/C=C/C[C@H](C(=O)Cl)C(C)C)C(=O)O. The van der Waals surface area contributed by atoms with E-state index in [1.54, 1.807) is 0 Å². The van der Waals surface area contributed by atoms with Gasteiger partial charge in [-0.15, -0.1) is 0 Å². The molecule has 0 amide bonds. The molecule has 0 heterocycles. The molecule has 1 N–H and O–H groups in total. The molecule has 0 aliphatic heterocycles. The topological polar surface area (TPSA) is 54.4 Å². The molecule has 0 saturated heterocycles. The zero-order valence-electron chi connectivity index (χ0n) is 11.5. The van der Waals surface area contributed by atoms with Crippen LogP contribution in [0.25, 0.3) is 0 Å². The maximum Gasteiger partial charge on any atom is 0.307 e. The first-order valence-electron chi connectivity index (χ1n) is 6.34. The fourth-order valence-electron chi connectivity index (χ4n) is 1.77. The molecule has 0 aliphatic rings. The number of carboxylic acid groups (broad SMARTS) is 1. The molecule has 0 aromatic rings. The molecule has 0 aromatic carbocycles. The molecular weight excluding hydrogens is 252 g/mol. The smallest absolute Gasteiger partial charge is 0.307 e. The lowest BCUT2D eigenvalue weighted by Gasteiger charge is -2.15. The number of carbonyl (C=O) groups excluding carboxylic acids is 1. The summed E-state index contributed by atoms with van der Waals surface area (Å²) < 4.78 is 0. The molecule has 104 valence electrons. The van der Waals surface area contributed by atoms with E-state index < -0.39 is 5.97 Å². The minimum atomic E-state index is -0.775. The Morgan fingerprint density at radius 2 is 1.39 bits per heavy atom. The van der Waals surface area contributed by atoms with Crippen molar-refractivity contribution in [2.45, 2.75) is 40.5 Å². The first kappa shape index (κ1) is 17.2. The predicted molar refractivity (Wildman–Crippen MR) is 73.5 cm³/mol. The number of carbonyl (C=O) groups is 2. The highest BCUT2D eigenvalue weighted by molar-refractivity contribution is 6.64. The second kappa shape index (κ2) is 8.30. The number of carboxylic acids is 1. The first-order chi connectivity index (χ1) is 8.27. The van der Waals surface area contributed by atoms with E-state index in [-0.39, 0.29) is 28.9 Å². The van der Waals surface area contributed by atoms with Crippen LogP contribution < -0.4 is 0 Å². The Morgan fingerprint density at radius 3 is 1.67 bits per heavy atom. The fourth-order valence-corrected chi connectivity index (χ4v) is 2.11. The van der Waals surface area contributed by atoms with E-state index in [1.165, 1.54) is 0 Å². The van der Waals surface area contributed by atoms with Crippen LogP contribution in [0.15, 0.2) is 12.2 Å². The van der Waals surface area contributed by atoms with E-state index in [9.17, 15) is 9.59 Å². The Labute approximate surface area is 114 Å². The standard InChI is InChI=1S/C14H23ClO3/c1-9(2)11(13(15)16)7-5-6-8-12(10(3)4)14(17)18/h5-6,9-12H,7-8H2,1-4H3,(H,17,18)/b6-5+/t11-,12-/m0/s1. The Hall–Kier alpha value is -0.830. The lowest BCUT2D eigenvalue weighted by molar-refractivity contribution is -0.143. The largest absolute Gasteiger partial charge is 0.481 e. The van der Waals surface area contributed by atoms with E-state index in [1.807, 2.05) is 39.8 Å². The van der Waals surface area contributed by atoms with Gasteiger partial charge in [0.05, 0.1) is 5.92 Å². The van der Waals surface area contributed by atoms with Crippen LogP contribution in [0.1, 0.15) is 40.5 Å². The van der Waals surface area contributed by atoms with E-state index in [2.05, 4.69) is 0 Å². The second-order valence-electron chi connectivity index (χ2n) is 5.29. The monoisotopic (exact) mass is 274 g/mol. The summed E-state index contributed by atoms with van der Waals surface area (Å²) in [6, 6.07) is 0. The van der Waals surface area contributed by atoms with Crippen molar-refractivity contribution in [3.05, 3.63) is 12.2 Å². The van der Waals surface area contributed by atoms with Crippen LogP contribution in [0.2, 0.25) is 0 Å². The van der Waals surface area contributed by atoms with Gasteiger partial charge in [0.15, 0.2) is 0 Å². The number of hydrogen-bond acceptors (Lipinski definition) is 2. The van der Waals surface area contributed by atoms with E-state index >= 15 is 0 Å². The van der Waals surface area contributed by atoms with Gasteiger partial charge in [0, 0.05) is 5.92 Å². The summed E-state index contributed by atoms with van der Waals surface area (Å²) in [6.45, 7) is 7.69. The number of hydrogen-bond donors (Lipinski definition) is 1. The van der Waals surface area contributed by atoms with Gasteiger partial charge in [0.25, 0.3) is 0 Å². The summed E-state index contributed by atoms with van der Waals surface area (Å²) in [4.78, 5) is 22.1. The average Bonchev–Trinajstić information content (AvgIpc) is 2.20. The Bertz CT molecular complexity index is 278. The minimum Gasteiger partial charge on any atom is -0.481 e. The number of halogens is 1. The molecule has 0 aromatic heterocycles. The average molecular weight is 275 g/mol. The van der Waals surface area contributed by atoms with Crippen LogP contribution in [0, 0.1) is 23.7 Å². The predicted octanol–water partition coefficient (Wildman–Crippen LogP) is 3.72. The molecule has 0 aliphatic carbocycles. The number of allylic oxidation sites excluding steroid dienone is 2. The molecule has 0 rings (SSSR count). The van der Waals surface area contributed by atoms with Crippen LogP contribution in [0.3, 0.4) is 0 Å². The Morgan fingerprint density at radius 1 is 1.00 bits per heavy atom. The van der Waals surface area contributed by atoms with Crippen molar-refractivity contribution in [2.24, 2.45) is 23.7 Å². The third kappa shape index (κ3) is 6.20. The number of rotatable bonds is 8. The van der Waals surface area contributed by atoms with Crippen LogP contribution in [-0.2, 0) is 9.59 Å². The molecule has 0 saturated carbocycles. The van der Waals surface area contributed by atoms with E-state index in [0.717, 1.165) is 0 Å². The van der Waals surface area contributed by atoms with Crippen molar-refractivity contribution < 1.29 is 14.7 Å². The lowest BCUT2D eigenvalue weighted by atomic mass is 9.91. The highest BCUT2D eigenvalue weighted by Gasteiger charge is 2.20. The van der Waals surface area contributed by atoms with Crippen LogP contribution >= 0.6 is 11.6 Å². The molecule has 4 heteroatoms. The second-order valence-corrected chi connectivity index (χ2v) is 5.66. The molecular formula is C14H23ClO3. The van der Waals surface area contributed by atoms with Gasteiger partial charge in [-0.1, -0.05) is 39.8 Å². The maximum absolute atomic E-state index is 11.2. The molecule has 0 spiro atoms. The van der Waals surface area contributed by atoms with Crippen molar-refractivity contribution >= 4 is 22.8 Å². The van der Waals surface area contributed by atoms with Gasteiger partial charge in [-0.2, -0.15) is 0 Å². The molecule has 2 atom stereocenters. The third-order valence-electron chi connectivity index (χ3n) is 3.16. The number of aliphatic carboxylic acids is 1. The van der Waals surface area contributed by atoms with Gasteiger partial charge >= 0.3 is 5.97 Å². The molecule has 0 bridgehead atoms. The summed E-state index contributed by atoms with van der Waals surface area (Å²) in [5.41, 5.74) is 0. The summed E-state index contributed by atoms with van der Waals surface area (Å²) in [5, 5.41) is 8.69. The molecule has 0 radical (unpaired) electrons. The Kier molecular flexibility index (Phi) is 7.92. The zero-order valence-corrected chi connectivity index (χ0v) is 12.3. The van der Waals surface area contributed by atoms with Crippen LogP contribution in [-0.4, -0.2) is 16.3 Å². The fraction of sp³-hybridized carbons (Fsp3) is 0.714. The van der Waals surface area contributed by atoms with Crippen molar-refractivity contribution in [2.75, 3.05) is 0 Å². The molecule has 0 unspecified atom stereocenters. The summed E-state index contributed by atoms with van der Waals surface area (Å²) >= 11 is 5.51. The van der Waals surface area contributed by atoms with Gasteiger partial charge < -0.3 is 5.11 Å². The third-order valence-corrected chi connectivity index (χ3v) is 3.45. The molecule has 18 heavy (non-hydrogen) atoms. The van der Waals surface area contributed by atoms with Crippen molar-refractivity contribution in [1.82, 2.24) is 0 Å². The van der Waals surface area contributed by atoms with Crippen molar-refractivity contribution in [3.63, 3.8) is 0 Å². The van der Waals surface area contributed by atoms with Crippen LogP contribution in [0.5, 0.6) is 0 Å². The maximum atomic E-state index is 11.2. The Balaban J connectivity index is 4.32. The summed E-state index contributed by atoms with van der Waals surface area (Å²) in [7, 11) is 0. The van der Waals surface area contributed by atoms with Crippen molar-refractivity contribution in [1.29, 1.82) is 0 Å². The summed E-state index contributed by atoms with van der Waals surface area (Å²) in [5.74, 6) is -1.04. The van der Waals surface area contributed by atoms with Gasteiger partial charge in [-0.05, 0) is 36.3 Å². The molecule has 0 fully saturated rings. The lowest BCUT2D eigenvalue weighted by Crippen LogP contribution is -2.19. The minimum absolute atomic E-state index is 0.0997.